The first-order valence-corrected chi connectivity index (χ1v) is 6.98. The zero-order valence-corrected chi connectivity index (χ0v) is 13.1. The fourth-order valence-corrected chi connectivity index (χ4v) is 1.96. The SMILES string of the molecule is CCCCNC(=O)C(C)(C)c1ccc(OC)c(OC)c1. The summed E-state index contributed by atoms with van der Waals surface area (Å²) in [6.07, 6.45) is 2.06. The third-order valence-corrected chi connectivity index (χ3v) is 3.49. The highest BCUT2D eigenvalue weighted by Crippen LogP contribution is 2.33. The lowest BCUT2D eigenvalue weighted by Crippen LogP contribution is -2.40. The number of rotatable bonds is 7. The van der Waals surface area contributed by atoms with E-state index in [0.29, 0.717) is 18.0 Å². The van der Waals surface area contributed by atoms with Crippen LogP contribution >= 0.6 is 0 Å². The van der Waals surface area contributed by atoms with Crippen LogP contribution in [0.4, 0.5) is 0 Å². The zero-order valence-electron chi connectivity index (χ0n) is 13.1. The maximum absolute atomic E-state index is 12.3. The van der Waals surface area contributed by atoms with Crippen molar-refractivity contribution in [1.29, 1.82) is 0 Å². The summed E-state index contributed by atoms with van der Waals surface area (Å²) in [5.74, 6) is 1.33. The Hall–Kier alpha value is -1.71. The van der Waals surface area contributed by atoms with Crippen LogP contribution in [0.1, 0.15) is 39.2 Å². The normalized spacial score (nSPS) is 11.1. The maximum Gasteiger partial charge on any atom is 0.230 e. The van der Waals surface area contributed by atoms with Gasteiger partial charge < -0.3 is 14.8 Å². The molecule has 1 rings (SSSR count). The van der Waals surface area contributed by atoms with Crippen molar-refractivity contribution in [3.63, 3.8) is 0 Å². The molecular weight excluding hydrogens is 254 g/mol. The van der Waals surface area contributed by atoms with E-state index >= 15 is 0 Å². The van der Waals surface area contributed by atoms with Crippen LogP contribution in [0.15, 0.2) is 18.2 Å². The van der Waals surface area contributed by atoms with Crippen LogP contribution in [0.25, 0.3) is 0 Å². The molecule has 0 aliphatic rings. The van der Waals surface area contributed by atoms with Gasteiger partial charge in [-0.3, -0.25) is 4.79 Å². The van der Waals surface area contributed by atoms with Crippen molar-refractivity contribution in [2.45, 2.75) is 39.0 Å². The summed E-state index contributed by atoms with van der Waals surface area (Å²) in [5, 5.41) is 2.98. The summed E-state index contributed by atoms with van der Waals surface area (Å²) in [7, 11) is 3.19. The molecule has 20 heavy (non-hydrogen) atoms. The van der Waals surface area contributed by atoms with Gasteiger partial charge in [0.25, 0.3) is 0 Å². The number of methoxy groups -OCH3 is 2. The van der Waals surface area contributed by atoms with Crippen LogP contribution < -0.4 is 14.8 Å². The Morgan fingerprint density at radius 1 is 1.20 bits per heavy atom. The van der Waals surface area contributed by atoms with E-state index in [9.17, 15) is 4.79 Å². The summed E-state index contributed by atoms with van der Waals surface area (Å²) in [6.45, 7) is 6.64. The van der Waals surface area contributed by atoms with Crippen LogP contribution in [0.5, 0.6) is 11.5 Å². The van der Waals surface area contributed by atoms with Gasteiger partial charge in [0.2, 0.25) is 5.91 Å². The standard InChI is InChI=1S/C16H25NO3/c1-6-7-10-17-15(18)16(2,3)12-8-9-13(19-4)14(11-12)20-5/h8-9,11H,6-7,10H2,1-5H3,(H,17,18). The van der Waals surface area contributed by atoms with Crippen LogP contribution in [0, 0.1) is 0 Å². The Morgan fingerprint density at radius 2 is 1.85 bits per heavy atom. The van der Waals surface area contributed by atoms with Crippen molar-refractivity contribution in [2.75, 3.05) is 20.8 Å². The van der Waals surface area contributed by atoms with E-state index in [-0.39, 0.29) is 5.91 Å². The Labute approximate surface area is 121 Å². The molecule has 0 atom stereocenters. The molecule has 1 N–H and O–H groups in total. The molecule has 1 amide bonds. The quantitative estimate of drug-likeness (QED) is 0.781. The lowest BCUT2D eigenvalue weighted by molar-refractivity contribution is -0.125. The van der Waals surface area contributed by atoms with Crippen molar-refractivity contribution >= 4 is 5.91 Å². The topological polar surface area (TPSA) is 47.6 Å². The third-order valence-electron chi connectivity index (χ3n) is 3.49. The average Bonchev–Trinajstić information content (AvgIpc) is 2.46. The van der Waals surface area contributed by atoms with Crippen LogP contribution in [0.3, 0.4) is 0 Å². The minimum absolute atomic E-state index is 0.0261. The van der Waals surface area contributed by atoms with E-state index in [2.05, 4.69) is 12.2 Å². The number of benzene rings is 1. The number of carbonyl (C=O) groups excluding carboxylic acids is 1. The smallest absolute Gasteiger partial charge is 0.230 e. The van der Waals surface area contributed by atoms with Crippen molar-refractivity contribution in [1.82, 2.24) is 5.32 Å². The van der Waals surface area contributed by atoms with Gasteiger partial charge in [-0.25, -0.2) is 0 Å². The lowest BCUT2D eigenvalue weighted by Gasteiger charge is -2.25. The van der Waals surface area contributed by atoms with E-state index in [0.717, 1.165) is 18.4 Å². The van der Waals surface area contributed by atoms with Gasteiger partial charge in [0, 0.05) is 6.54 Å². The molecule has 4 nitrogen and oxygen atoms in total. The predicted octanol–water partition coefficient (Wildman–Crippen LogP) is 2.90. The molecule has 0 aromatic heterocycles. The summed E-state index contributed by atoms with van der Waals surface area (Å²) in [6, 6.07) is 5.59. The highest BCUT2D eigenvalue weighted by molar-refractivity contribution is 5.87. The molecule has 0 fully saturated rings. The number of ether oxygens (including phenoxy) is 2. The average molecular weight is 279 g/mol. The van der Waals surface area contributed by atoms with E-state index < -0.39 is 5.41 Å². The molecule has 0 radical (unpaired) electrons. The molecule has 0 saturated carbocycles. The highest BCUT2D eigenvalue weighted by atomic mass is 16.5. The predicted molar refractivity (Wildman–Crippen MR) is 80.5 cm³/mol. The van der Waals surface area contributed by atoms with Gasteiger partial charge >= 0.3 is 0 Å². The van der Waals surface area contributed by atoms with E-state index in [1.54, 1.807) is 14.2 Å². The largest absolute Gasteiger partial charge is 0.493 e. The first-order valence-electron chi connectivity index (χ1n) is 6.98. The molecule has 0 saturated heterocycles. The van der Waals surface area contributed by atoms with Gasteiger partial charge in [-0.1, -0.05) is 19.4 Å². The van der Waals surface area contributed by atoms with Gasteiger partial charge in [0.15, 0.2) is 11.5 Å². The monoisotopic (exact) mass is 279 g/mol. The second kappa shape index (κ2) is 7.17. The number of hydrogen-bond acceptors (Lipinski definition) is 3. The summed E-state index contributed by atoms with van der Waals surface area (Å²) < 4.78 is 10.5. The molecule has 0 unspecified atom stereocenters. The van der Waals surface area contributed by atoms with Crippen LogP contribution in [0.2, 0.25) is 0 Å². The van der Waals surface area contributed by atoms with Crippen molar-refractivity contribution in [3.05, 3.63) is 23.8 Å². The summed E-state index contributed by atoms with van der Waals surface area (Å²) >= 11 is 0. The highest BCUT2D eigenvalue weighted by Gasteiger charge is 2.30. The van der Waals surface area contributed by atoms with Crippen LogP contribution in [-0.4, -0.2) is 26.7 Å². The fourth-order valence-electron chi connectivity index (χ4n) is 1.96. The first kappa shape index (κ1) is 16.3. The molecule has 0 heterocycles. The van der Waals surface area contributed by atoms with E-state index in [4.69, 9.17) is 9.47 Å². The second-order valence-electron chi connectivity index (χ2n) is 5.30. The van der Waals surface area contributed by atoms with Gasteiger partial charge in [-0.15, -0.1) is 0 Å². The Morgan fingerprint density at radius 3 is 2.40 bits per heavy atom. The molecule has 1 aromatic carbocycles. The minimum atomic E-state index is -0.604. The first-order chi connectivity index (χ1) is 9.47. The van der Waals surface area contributed by atoms with Gasteiger partial charge in [0.1, 0.15) is 0 Å². The Kier molecular flexibility index (Phi) is 5.86. The summed E-state index contributed by atoms with van der Waals surface area (Å²) in [4.78, 5) is 12.3. The summed E-state index contributed by atoms with van der Waals surface area (Å²) in [5.41, 5.74) is 0.303. The van der Waals surface area contributed by atoms with Crippen molar-refractivity contribution in [3.8, 4) is 11.5 Å². The number of unbranched alkanes of at least 4 members (excludes halogenated alkanes) is 1. The maximum atomic E-state index is 12.3. The molecular formula is C16H25NO3. The molecule has 0 aliphatic carbocycles. The minimum Gasteiger partial charge on any atom is -0.493 e. The van der Waals surface area contributed by atoms with Crippen LogP contribution in [-0.2, 0) is 10.2 Å². The van der Waals surface area contributed by atoms with E-state index in [1.807, 2.05) is 32.0 Å². The number of carbonyl (C=O) groups is 1. The van der Waals surface area contributed by atoms with Crippen molar-refractivity contribution in [2.24, 2.45) is 0 Å². The molecule has 112 valence electrons. The Bertz CT molecular complexity index is 455. The molecule has 0 spiro atoms. The Balaban J connectivity index is 2.93. The zero-order chi connectivity index (χ0) is 15.2. The fraction of sp³-hybridized carbons (Fsp3) is 0.562. The van der Waals surface area contributed by atoms with Crippen molar-refractivity contribution < 1.29 is 14.3 Å². The van der Waals surface area contributed by atoms with Gasteiger partial charge in [0.05, 0.1) is 19.6 Å². The molecule has 0 aliphatic heterocycles. The third kappa shape index (κ3) is 3.65. The van der Waals surface area contributed by atoms with E-state index in [1.165, 1.54) is 0 Å². The van der Waals surface area contributed by atoms with Gasteiger partial charge in [-0.05, 0) is 38.0 Å². The van der Waals surface area contributed by atoms with Gasteiger partial charge in [-0.2, -0.15) is 0 Å². The molecule has 0 bridgehead atoms. The molecule has 1 aromatic rings. The number of hydrogen-bond donors (Lipinski definition) is 1. The lowest BCUT2D eigenvalue weighted by atomic mass is 9.83. The second-order valence-corrected chi connectivity index (χ2v) is 5.30. The molecule has 4 heteroatoms. The number of amides is 1. The number of nitrogens with one attached hydrogen (secondary N) is 1.